The summed E-state index contributed by atoms with van der Waals surface area (Å²) in [4.78, 5) is 14.8. The zero-order valence-corrected chi connectivity index (χ0v) is 19.5. The largest absolute Gasteiger partial charge is 0.488 e. The Morgan fingerprint density at radius 2 is 2.13 bits per heavy atom. The van der Waals surface area contributed by atoms with Crippen molar-refractivity contribution >= 4 is 33.0 Å². The quantitative estimate of drug-likeness (QED) is 0.574. The lowest BCUT2D eigenvalue weighted by Crippen LogP contribution is -2.47. The molecule has 1 aliphatic rings. The lowest BCUT2D eigenvalue weighted by Gasteiger charge is -2.32. The molecule has 0 saturated heterocycles. The fourth-order valence-corrected chi connectivity index (χ4v) is 5.60. The average Bonchev–Trinajstić information content (AvgIpc) is 3.28. The van der Waals surface area contributed by atoms with Crippen LogP contribution in [0, 0.1) is 5.92 Å². The smallest absolute Gasteiger partial charge is 0.271 e. The summed E-state index contributed by atoms with van der Waals surface area (Å²) in [7, 11) is -1.86. The van der Waals surface area contributed by atoms with Crippen LogP contribution in [-0.2, 0) is 21.2 Å². The van der Waals surface area contributed by atoms with E-state index in [9.17, 15) is 18.3 Å². The third kappa shape index (κ3) is 5.57. The highest BCUT2D eigenvalue weighted by Gasteiger charge is 2.30. The molecule has 3 N–H and O–H groups in total. The normalized spacial score (nSPS) is 20.8. The van der Waals surface area contributed by atoms with Crippen LogP contribution in [0.25, 0.3) is 0 Å². The summed E-state index contributed by atoms with van der Waals surface area (Å²) in [6.45, 7) is 4.73. The molecule has 1 amide bonds. The number of hydrogen-bond donors (Lipinski definition) is 3. The zero-order chi connectivity index (χ0) is 22.6. The molecular weight excluding hydrogens is 438 g/mol. The van der Waals surface area contributed by atoms with Gasteiger partial charge in [0.25, 0.3) is 10.0 Å². The number of hydrogen-bond acceptors (Lipinski definition) is 7. The third-order valence-corrected chi connectivity index (χ3v) is 8.11. The van der Waals surface area contributed by atoms with Gasteiger partial charge in [-0.3, -0.25) is 9.52 Å². The summed E-state index contributed by atoms with van der Waals surface area (Å²) in [6, 6.07) is 7.88. The minimum atomic E-state index is -3.70. The molecule has 0 aliphatic carbocycles. The van der Waals surface area contributed by atoms with Crippen LogP contribution in [-0.4, -0.2) is 63.2 Å². The fourth-order valence-electron chi connectivity index (χ4n) is 3.56. The minimum absolute atomic E-state index is 0.0216. The van der Waals surface area contributed by atoms with Gasteiger partial charge in [0.2, 0.25) is 5.91 Å². The molecule has 0 fully saturated rings. The highest BCUT2D eigenvalue weighted by Crippen LogP contribution is 2.30. The van der Waals surface area contributed by atoms with Gasteiger partial charge >= 0.3 is 0 Å². The van der Waals surface area contributed by atoms with Crippen LogP contribution in [0.4, 0.5) is 5.69 Å². The average molecular weight is 468 g/mol. The Labute approximate surface area is 187 Å². The Balaban J connectivity index is 1.96. The molecule has 170 valence electrons. The van der Waals surface area contributed by atoms with Gasteiger partial charge in [-0.1, -0.05) is 13.0 Å². The molecule has 10 heteroatoms. The van der Waals surface area contributed by atoms with Crippen molar-refractivity contribution in [2.75, 3.05) is 31.5 Å². The minimum Gasteiger partial charge on any atom is -0.488 e. The van der Waals surface area contributed by atoms with Gasteiger partial charge in [-0.2, -0.15) is 0 Å². The molecule has 0 unspecified atom stereocenters. The number of aliphatic hydroxyl groups excluding tert-OH is 1. The second kappa shape index (κ2) is 9.99. The predicted molar refractivity (Wildman–Crippen MR) is 121 cm³/mol. The molecular formula is C21H29N3O5S2. The molecule has 0 saturated carbocycles. The first-order chi connectivity index (χ1) is 14.7. The topological polar surface area (TPSA) is 108 Å². The van der Waals surface area contributed by atoms with Gasteiger partial charge in [-0.05, 0) is 43.6 Å². The number of fused-ring (bicyclic) bond motifs is 1. The maximum atomic E-state index is 13.1. The Bertz CT molecular complexity index is 994. The van der Waals surface area contributed by atoms with E-state index in [1.54, 1.807) is 34.5 Å². The number of benzene rings is 1. The first-order valence-corrected chi connectivity index (χ1v) is 12.5. The maximum absolute atomic E-state index is 13.1. The number of thiophene rings is 1. The molecule has 0 spiro atoms. The van der Waals surface area contributed by atoms with Crippen molar-refractivity contribution in [2.24, 2.45) is 5.92 Å². The standard InChI is InChI=1S/C21H29N3O5S2/c1-14-12-24(15(2)13-25)20(26)10-16-9-17(6-7-18(16)29-19(14)11-22-3)23-31(27,28)21-5-4-8-30-21/h4-9,14-15,19,22-23,25H,10-13H2,1-3H3/t14-,15-,19-/m1/s1. The van der Waals surface area contributed by atoms with E-state index in [2.05, 4.69) is 10.0 Å². The fraction of sp³-hybridized carbons (Fsp3) is 0.476. The van der Waals surface area contributed by atoms with Gasteiger partial charge in [0, 0.05) is 30.3 Å². The van der Waals surface area contributed by atoms with Crippen LogP contribution in [0.1, 0.15) is 19.4 Å². The number of aliphatic hydroxyl groups is 1. The summed E-state index contributed by atoms with van der Waals surface area (Å²) in [5.74, 6) is 0.438. The molecule has 8 nitrogen and oxygen atoms in total. The number of sulfonamides is 1. The molecule has 2 heterocycles. The molecule has 2 aromatic rings. The van der Waals surface area contributed by atoms with E-state index < -0.39 is 10.0 Å². The molecule has 3 rings (SSSR count). The zero-order valence-electron chi connectivity index (χ0n) is 17.9. The van der Waals surface area contributed by atoms with Crippen molar-refractivity contribution in [1.29, 1.82) is 0 Å². The first-order valence-electron chi connectivity index (χ1n) is 10.2. The summed E-state index contributed by atoms with van der Waals surface area (Å²) >= 11 is 1.13. The van der Waals surface area contributed by atoms with E-state index in [0.717, 1.165) is 11.3 Å². The van der Waals surface area contributed by atoms with Gasteiger partial charge in [-0.25, -0.2) is 8.42 Å². The number of carbonyl (C=O) groups is 1. The second-order valence-corrected chi connectivity index (χ2v) is 10.7. The first kappa shape index (κ1) is 23.5. The number of carbonyl (C=O) groups excluding carboxylic acids is 1. The Kier molecular flexibility index (Phi) is 7.58. The summed E-state index contributed by atoms with van der Waals surface area (Å²) < 4.78 is 34.2. The Morgan fingerprint density at radius 3 is 2.77 bits per heavy atom. The van der Waals surface area contributed by atoms with E-state index >= 15 is 0 Å². The number of amides is 1. The molecule has 1 aromatic carbocycles. The molecule has 31 heavy (non-hydrogen) atoms. The Morgan fingerprint density at radius 1 is 1.35 bits per heavy atom. The summed E-state index contributed by atoms with van der Waals surface area (Å²) in [5.41, 5.74) is 0.962. The van der Waals surface area contributed by atoms with Gasteiger partial charge in [-0.15, -0.1) is 11.3 Å². The number of likely N-dealkylation sites (N-methyl/N-ethyl adjacent to an activating group) is 1. The van der Waals surface area contributed by atoms with Crippen molar-refractivity contribution in [1.82, 2.24) is 10.2 Å². The summed E-state index contributed by atoms with van der Waals surface area (Å²) in [5, 5.41) is 14.5. The highest BCUT2D eigenvalue weighted by molar-refractivity contribution is 7.94. The monoisotopic (exact) mass is 467 g/mol. The van der Waals surface area contributed by atoms with Crippen LogP contribution in [0.2, 0.25) is 0 Å². The van der Waals surface area contributed by atoms with E-state index in [0.29, 0.717) is 30.1 Å². The van der Waals surface area contributed by atoms with Gasteiger partial charge in [0.15, 0.2) is 0 Å². The third-order valence-electron chi connectivity index (χ3n) is 5.33. The van der Waals surface area contributed by atoms with E-state index in [4.69, 9.17) is 4.74 Å². The van der Waals surface area contributed by atoms with Crippen LogP contribution >= 0.6 is 11.3 Å². The lowest BCUT2D eigenvalue weighted by atomic mass is 10.0. The van der Waals surface area contributed by atoms with Gasteiger partial charge in [0.1, 0.15) is 16.1 Å². The number of nitrogens with zero attached hydrogens (tertiary/aromatic N) is 1. The molecule has 3 atom stereocenters. The maximum Gasteiger partial charge on any atom is 0.271 e. The van der Waals surface area contributed by atoms with Crippen LogP contribution in [0.3, 0.4) is 0 Å². The molecule has 1 aromatic heterocycles. The van der Waals surface area contributed by atoms with E-state index in [1.807, 2.05) is 20.9 Å². The predicted octanol–water partition coefficient (Wildman–Crippen LogP) is 1.92. The molecule has 1 aliphatic heterocycles. The number of nitrogens with one attached hydrogen (secondary N) is 2. The highest BCUT2D eigenvalue weighted by atomic mass is 32.2. The number of rotatable bonds is 7. The van der Waals surface area contributed by atoms with Crippen LogP contribution < -0.4 is 14.8 Å². The molecule has 0 radical (unpaired) electrons. The van der Waals surface area contributed by atoms with Gasteiger partial charge in [0.05, 0.1) is 19.1 Å². The van der Waals surface area contributed by atoms with Crippen molar-refractivity contribution in [3.8, 4) is 5.75 Å². The number of ether oxygens (including phenoxy) is 1. The second-order valence-electron chi connectivity index (χ2n) is 7.81. The van der Waals surface area contributed by atoms with Crippen molar-refractivity contribution in [3.05, 3.63) is 41.3 Å². The SMILES string of the molecule is CNC[C@H]1Oc2ccc(NS(=O)(=O)c3cccs3)cc2CC(=O)N([C@H](C)CO)C[C@H]1C. The van der Waals surface area contributed by atoms with Crippen molar-refractivity contribution in [2.45, 2.75) is 36.6 Å². The van der Waals surface area contributed by atoms with E-state index in [-0.39, 0.29) is 41.2 Å². The van der Waals surface area contributed by atoms with Crippen LogP contribution in [0.5, 0.6) is 5.75 Å². The number of anilines is 1. The molecule has 0 bridgehead atoms. The van der Waals surface area contributed by atoms with Crippen LogP contribution in [0.15, 0.2) is 39.9 Å². The Hall–Kier alpha value is -2.14. The van der Waals surface area contributed by atoms with Crippen molar-refractivity contribution < 1.29 is 23.1 Å². The lowest BCUT2D eigenvalue weighted by molar-refractivity contribution is -0.134. The van der Waals surface area contributed by atoms with Gasteiger partial charge < -0.3 is 20.1 Å². The van der Waals surface area contributed by atoms with Crippen molar-refractivity contribution in [3.63, 3.8) is 0 Å². The summed E-state index contributed by atoms with van der Waals surface area (Å²) in [6.07, 6.45) is -0.149. The van der Waals surface area contributed by atoms with E-state index in [1.165, 1.54) is 6.07 Å².